The van der Waals surface area contributed by atoms with E-state index in [1.807, 2.05) is 6.92 Å². The molecule has 5 heteroatoms. The van der Waals surface area contributed by atoms with Crippen molar-refractivity contribution in [2.75, 3.05) is 0 Å². The van der Waals surface area contributed by atoms with E-state index in [1.54, 1.807) is 12.1 Å². The van der Waals surface area contributed by atoms with Crippen molar-refractivity contribution in [2.45, 2.75) is 26.0 Å². The predicted octanol–water partition coefficient (Wildman–Crippen LogP) is 2.83. The van der Waals surface area contributed by atoms with Crippen LogP contribution in [0, 0.1) is 11.6 Å². The quantitative estimate of drug-likeness (QED) is 0.915. The average molecular weight is 278 g/mol. The summed E-state index contributed by atoms with van der Waals surface area (Å²) in [5.41, 5.74) is 6.44. The number of ether oxygens (including phenoxy) is 1. The Labute approximate surface area is 116 Å². The van der Waals surface area contributed by atoms with E-state index in [1.165, 1.54) is 24.4 Å². The van der Waals surface area contributed by atoms with Crippen molar-refractivity contribution >= 4 is 0 Å². The molecule has 0 radical (unpaired) electrons. The Kier molecular flexibility index (Phi) is 4.63. The normalized spacial score (nSPS) is 12.2. The minimum Gasteiger partial charge on any atom is -0.487 e. The molecule has 0 aliphatic rings. The van der Waals surface area contributed by atoms with Gasteiger partial charge in [0.1, 0.15) is 24.0 Å². The summed E-state index contributed by atoms with van der Waals surface area (Å²) in [6.07, 6.45) is 2.19. The van der Waals surface area contributed by atoms with Crippen molar-refractivity contribution in [2.24, 2.45) is 5.73 Å². The molecule has 1 heterocycles. The lowest BCUT2D eigenvalue weighted by Crippen LogP contribution is -2.18. The maximum atomic E-state index is 13.4. The number of nitrogens with zero attached hydrogens (tertiary/aromatic N) is 1. The first-order chi connectivity index (χ1) is 9.56. The van der Waals surface area contributed by atoms with Gasteiger partial charge in [0.05, 0.1) is 11.8 Å². The number of pyridine rings is 1. The first-order valence-electron chi connectivity index (χ1n) is 6.32. The van der Waals surface area contributed by atoms with Crippen molar-refractivity contribution in [3.8, 4) is 5.75 Å². The highest BCUT2D eigenvalue weighted by Crippen LogP contribution is 2.16. The number of benzene rings is 1. The number of hydrogen-bond donors (Lipinski definition) is 1. The number of nitrogens with two attached hydrogens (primary N) is 1. The number of rotatable bonds is 5. The minimum absolute atomic E-state index is 0.0294. The summed E-state index contributed by atoms with van der Waals surface area (Å²) in [7, 11) is 0. The molecule has 1 unspecified atom stereocenters. The van der Waals surface area contributed by atoms with Gasteiger partial charge in [0.2, 0.25) is 0 Å². The standard InChI is InChI=1S/C15H16F2N2O/c1-10(18)7-11-5-6-12(8-19-11)20-9-13-14(16)3-2-4-15(13)17/h2-6,8,10H,7,9,18H2,1H3. The van der Waals surface area contributed by atoms with Crippen LogP contribution in [0.4, 0.5) is 8.78 Å². The van der Waals surface area contributed by atoms with Crippen molar-refractivity contribution in [1.29, 1.82) is 0 Å². The molecule has 0 aliphatic carbocycles. The maximum absolute atomic E-state index is 13.4. The van der Waals surface area contributed by atoms with Crippen LogP contribution in [0.15, 0.2) is 36.5 Å². The summed E-state index contributed by atoms with van der Waals surface area (Å²) >= 11 is 0. The third kappa shape index (κ3) is 3.74. The van der Waals surface area contributed by atoms with E-state index in [-0.39, 0.29) is 18.2 Å². The fourth-order valence-electron chi connectivity index (χ4n) is 1.77. The van der Waals surface area contributed by atoms with Crippen LogP contribution in [0.3, 0.4) is 0 Å². The summed E-state index contributed by atoms with van der Waals surface area (Å²) in [5, 5.41) is 0. The molecule has 2 aromatic rings. The minimum atomic E-state index is -0.619. The third-order valence-corrected chi connectivity index (χ3v) is 2.77. The zero-order valence-electron chi connectivity index (χ0n) is 11.1. The molecule has 2 rings (SSSR count). The van der Waals surface area contributed by atoms with E-state index in [2.05, 4.69) is 4.98 Å². The molecule has 0 aliphatic heterocycles. The van der Waals surface area contributed by atoms with Gasteiger partial charge in [-0.3, -0.25) is 4.98 Å². The first kappa shape index (κ1) is 14.4. The van der Waals surface area contributed by atoms with Gasteiger partial charge in [-0.15, -0.1) is 0 Å². The van der Waals surface area contributed by atoms with Crippen molar-refractivity contribution < 1.29 is 13.5 Å². The van der Waals surface area contributed by atoms with Crippen LogP contribution < -0.4 is 10.5 Å². The van der Waals surface area contributed by atoms with Crippen LogP contribution in [0.5, 0.6) is 5.75 Å². The van der Waals surface area contributed by atoms with E-state index in [0.29, 0.717) is 12.2 Å². The third-order valence-electron chi connectivity index (χ3n) is 2.77. The summed E-state index contributed by atoms with van der Waals surface area (Å²) < 4.78 is 32.2. The summed E-state index contributed by atoms with van der Waals surface area (Å²) in [4.78, 5) is 4.18. The van der Waals surface area contributed by atoms with Gasteiger partial charge >= 0.3 is 0 Å². The van der Waals surface area contributed by atoms with Crippen LogP contribution >= 0.6 is 0 Å². The molecule has 0 fully saturated rings. The lowest BCUT2D eigenvalue weighted by Gasteiger charge is -2.09. The Hall–Kier alpha value is -2.01. The Morgan fingerprint density at radius 3 is 2.45 bits per heavy atom. The maximum Gasteiger partial charge on any atom is 0.138 e. The van der Waals surface area contributed by atoms with Crippen molar-refractivity contribution in [3.05, 3.63) is 59.4 Å². The lowest BCUT2D eigenvalue weighted by molar-refractivity contribution is 0.291. The monoisotopic (exact) mass is 278 g/mol. The molecular formula is C15H16F2N2O. The van der Waals surface area contributed by atoms with E-state index in [4.69, 9.17) is 10.5 Å². The molecule has 1 atom stereocenters. The second-order valence-electron chi connectivity index (χ2n) is 4.66. The zero-order chi connectivity index (χ0) is 14.5. The predicted molar refractivity (Wildman–Crippen MR) is 72.3 cm³/mol. The van der Waals surface area contributed by atoms with E-state index in [9.17, 15) is 8.78 Å². The Bertz CT molecular complexity index is 550. The molecule has 0 spiro atoms. The topological polar surface area (TPSA) is 48.1 Å². The highest BCUT2D eigenvalue weighted by Gasteiger charge is 2.09. The molecule has 20 heavy (non-hydrogen) atoms. The van der Waals surface area contributed by atoms with Gasteiger partial charge in [-0.25, -0.2) is 8.78 Å². The highest BCUT2D eigenvalue weighted by atomic mass is 19.1. The largest absolute Gasteiger partial charge is 0.487 e. The fourth-order valence-corrected chi connectivity index (χ4v) is 1.77. The lowest BCUT2D eigenvalue weighted by atomic mass is 10.2. The van der Waals surface area contributed by atoms with Gasteiger partial charge in [-0.2, -0.15) is 0 Å². The number of halogens is 2. The van der Waals surface area contributed by atoms with Crippen LogP contribution in [0.1, 0.15) is 18.2 Å². The average Bonchev–Trinajstić information content (AvgIpc) is 2.39. The van der Waals surface area contributed by atoms with Crippen LogP contribution in [0.2, 0.25) is 0 Å². The van der Waals surface area contributed by atoms with Crippen LogP contribution in [0.25, 0.3) is 0 Å². The van der Waals surface area contributed by atoms with Crippen molar-refractivity contribution in [1.82, 2.24) is 4.98 Å². The van der Waals surface area contributed by atoms with Crippen LogP contribution in [-0.2, 0) is 13.0 Å². The highest BCUT2D eigenvalue weighted by molar-refractivity contribution is 5.23. The first-order valence-corrected chi connectivity index (χ1v) is 6.32. The molecule has 1 aromatic carbocycles. The molecule has 0 saturated carbocycles. The van der Waals surface area contributed by atoms with Gasteiger partial charge < -0.3 is 10.5 Å². The summed E-state index contributed by atoms with van der Waals surface area (Å²) in [5.74, 6) is -0.779. The van der Waals surface area contributed by atoms with Gasteiger partial charge in [0, 0.05) is 18.2 Å². The Balaban J connectivity index is 2.00. The number of hydrogen-bond acceptors (Lipinski definition) is 3. The Morgan fingerprint density at radius 2 is 1.90 bits per heavy atom. The van der Waals surface area contributed by atoms with E-state index < -0.39 is 11.6 Å². The second-order valence-corrected chi connectivity index (χ2v) is 4.66. The molecule has 0 amide bonds. The number of aromatic nitrogens is 1. The molecule has 3 nitrogen and oxygen atoms in total. The fraction of sp³-hybridized carbons (Fsp3) is 0.267. The summed E-state index contributed by atoms with van der Waals surface area (Å²) in [6.45, 7) is 1.72. The molecule has 2 N–H and O–H groups in total. The van der Waals surface area contributed by atoms with Gasteiger partial charge in [0.15, 0.2) is 0 Å². The summed E-state index contributed by atoms with van der Waals surface area (Å²) in [6, 6.07) is 7.25. The van der Waals surface area contributed by atoms with E-state index >= 15 is 0 Å². The molecule has 1 aromatic heterocycles. The molecule has 0 bridgehead atoms. The smallest absolute Gasteiger partial charge is 0.138 e. The second kappa shape index (κ2) is 6.43. The Morgan fingerprint density at radius 1 is 1.20 bits per heavy atom. The van der Waals surface area contributed by atoms with Gasteiger partial charge in [-0.05, 0) is 31.2 Å². The molecule has 106 valence electrons. The van der Waals surface area contributed by atoms with Gasteiger partial charge in [-0.1, -0.05) is 6.07 Å². The SMILES string of the molecule is CC(N)Cc1ccc(OCc2c(F)cccc2F)cn1. The van der Waals surface area contributed by atoms with Crippen LogP contribution in [-0.4, -0.2) is 11.0 Å². The van der Waals surface area contributed by atoms with E-state index in [0.717, 1.165) is 5.69 Å². The van der Waals surface area contributed by atoms with Gasteiger partial charge in [0.25, 0.3) is 0 Å². The molecule has 0 saturated heterocycles. The van der Waals surface area contributed by atoms with Crippen molar-refractivity contribution in [3.63, 3.8) is 0 Å². The molecular weight excluding hydrogens is 262 g/mol. The zero-order valence-corrected chi connectivity index (χ0v) is 11.1.